The normalized spacial score (nSPS) is 14.0. The van der Waals surface area contributed by atoms with Crippen molar-refractivity contribution >= 4 is 29.1 Å². The van der Waals surface area contributed by atoms with E-state index in [0.717, 1.165) is 0 Å². The summed E-state index contributed by atoms with van der Waals surface area (Å²) in [6.45, 7) is 0.0821. The maximum absolute atomic E-state index is 13.1. The molecule has 1 saturated heterocycles. The van der Waals surface area contributed by atoms with Crippen LogP contribution in [0, 0.1) is 5.82 Å². The van der Waals surface area contributed by atoms with Crippen molar-refractivity contribution in [3.8, 4) is 11.5 Å². The molecule has 0 bridgehead atoms. The van der Waals surface area contributed by atoms with Gasteiger partial charge in [0, 0.05) is 24.8 Å². The van der Waals surface area contributed by atoms with Crippen molar-refractivity contribution in [2.45, 2.75) is 0 Å². The SMILES string of the molecule is COc1ccc(OC)c(NC(=O)CN2CCN(c3ccc(F)cc3)C(=O)C2=O)c1. The van der Waals surface area contributed by atoms with Crippen molar-refractivity contribution in [1.82, 2.24) is 4.90 Å². The van der Waals surface area contributed by atoms with Crippen molar-refractivity contribution in [3.63, 3.8) is 0 Å². The number of ether oxygens (including phenoxy) is 2. The number of rotatable bonds is 6. The lowest BCUT2D eigenvalue weighted by Crippen LogP contribution is -2.56. The lowest BCUT2D eigenvalue weighted by molar-refractivity contribution is -0.147. The molecule has 1 aliphatic heterocycles. The zero-order valence-corrected chi connectivity index (χ0v) is 16.0. The fourth-order valence-corrected chi connectivity index (χ4v) is 2.97. The zero-order chi connectivity index (χ0) is 21.0. The third kappa shape index (κ3) is 4.45. The molecule has 2 aromatic carbocycles. The van der Waals surface area contributed by atoms with Crippen LogP contribution >= 0.6 is 0 Å². The minimum Gasteiger partial charge on any atom is -0.497 e. The fraction of sp³-hybridized carbons (Fsp3) is 0.250. The van der Waals surface area contributed by atoms with Gasteiger partial charge in [-0.2, -0.15) is 0 Å². The van der Waals surface area contributed by atoms with Gasteiger partial charge in [-0.1, -0.05) is 0 Å². The minimum atomic E-state index is -0.798. The van der Waals surface area contributed by atoms with Gasteiger partial charge < -0.3 is 24.6 Å². The van der Waals surface area contributed by atoms with Crippen LogP contribution in [0.1, 0.15) is 0 Å². The van der Waals surface area contributed by atoms with E-state index in [9.17, 15) is 18.8 Å². The number of anilines is 2. The molecule has 0 spiro atoms. The van der Waals surface area contributed by atoms with Crippen LogP contribution in [0.3, 0.4) is 0 Å². The molecule has 8 nitrogen and oxygen atoms in total. The molecule has 3 rings (SSSR count). The Kier molecular flexibility index (Phi) is 5.96. The molecule has 0 radical (unpaired) electrons. The summed E-state index contributed by atoms with van der Waals surface area (Å²) in [5.74, 6) is -1.52. The lowest BCUT2D eigenvalue weighted by atomic mass is 10.2. The van der Waals surface area contributed by atoms with Gasteiger partial charge >= 0.3 is 11.8 Å². The Bertz CT molecular complexity index is 932. The van der Waals surface area contributed by atoms with Crippen LogP contribution in [-0.4, -0.2) is 56.5 Å². The second-order valence-corrected chi connectivity index (χ2v) is 6.27. The van der Waals surface area contributed by atoms with E-state index < -0.39 is 23.5 Å². The number of nitrogens with zero attached hydrogens (tertiary/aromatic N) is 2. The monoisotopic (exact) mass is 401 g/mol. The summed E-state index contributed by atoms with van der Waals surface area (Å²) in [5, 5.41) is 2.66. The average Bonchev–Trinajstić information content (AvgIpc) is 2.72. The van der Waals surface area contributed by atoms with E-state index in [-0.39, 0.29) is 19.6 Å². The minimum absolute atomic E-state index is 0.171. The van der Waals surface area contributed by atoms with Gasteiger partial charge in [-0.05, 0) is 36.4 Å². The number of nitrogens with one attached hydrogen (secondary N) is 1. The molecule has 2 aromatic rings. The van der Waals surface area contributed by atoms with Crippen LogP contribution in [0.5, 0.6) is 11.5 Å². The van der Waals surface area contributed by atoms with E-state index in [4.69, 9.17) is 9.47 Å². The molecule has 1 fully saturated rings. The molecule has 1 N–H and O–H groups in total. The largest absolute Gasteiger partial charge is 0.497 e. The van der Waals surface area contributed by atoms with Gasteiger partial charge in [0.1, 0.15) is 23.9 Å². The van der Waals surface area contributed by atoms with Crippen LogP contribution in [0.15, 0.2) is 42.5 Å². The van der Waals surface area contributed by atoms with Crippen molar-refractivity contribution in [1.29, 1.82) is 0 Å². The standard InChI is InChI=1S/C20H20FN3O5/c1-28-15-7-8-17(29-2)16(11-15)22-18(25)12-23-9-10-24(20(27)19(23)26)14-5-3-13(21)4-6-14/h3-8,11H,9-10,12H2,1-2H3,(H,22,25). The molecule has 0 saturated carbocycles. The molecule has 29 heavy (non-hydrogen) atoms. The van der Waals surface area contributed by atoms with Gasteiger partial charge in [0.05, 0.1) is 19.9 Å². The molecular formula is C20H20FN3O5. The Morgan fingerprint density at radius 3 is 2.41 bits per heavy atom. The molecular weight excluding hydrogens is 381 g/mol. The van der Waals surface area contributed by atoms with E-state index in [2.05, 4.69) is 5.32 Å². The van der Waals surface area contributed by atoms with Crippen LogP contribution in [-0.2, 0) is 14.4 Å². The van der Waals surface area contributed by atoms with Gasteiger partial charge in [-0.15, -0.1) is 0 Å². The van der Waals surface area contributed by atoms with Crippen LogP contribution in [0.2, 0.25) is 0 Å². The summed E-state index contributed by atoms with van der Waals surface area (Å²) in [4.78, 5) is 39.7. The first-order chi connectivity index (χ1) is 13.9. The van der Waals surface area contributed by atoms with Gasteiger partial charge in [-0.3, -0.25) is 14.4 Å². The topological polar surface area (TPSA) is 88.2 Å². The van der Waals surface area contributed by atoms with Gasteiger partial charge in [0.2, 0.25) is 5.91 Å². The molecule has 152 valence electrons. The summed E-state index contributed by atoms with van der Waals surface area (Å²) in [6, 6.07) is 10.2. The van der Waals surface area contributed by atoms with Crippen LogP contribution < -0.4 is 19.7 Å². The maximum atomic E-state index is 13.1. The number of methoxy groups -OCH3 is 2. The van der Waals surface area contributed by atoms with Crippen molar-refractivity contribution in [2.75, 3.05) is 44.1 Å². The number of amides is 3. The van der Waals surface area contributed by atoms with E-state index >= 15 is 0 Å². The third-order valence-electron chi connectivity index (χ3n) is 4.46. The van der Waals surface area contributed by atoms with E-state index in [1.165, 1.54) is 48.3 Å². The van der Waals surface area contributed by atoms with Crippen molar-refractivity contribution in [3.05, 3.63) is 48.3 Å². The summed E-state index contributed by atoms with van der Waals surface area (Å²) in [6.07, 6.45) is 0. The summed E-state index contributed by atoms with van der Waals surface area (Å²) in [7, 11) is 2.96. The Morgan fingerprint density at radius 1 is 1.03 bits per heavy atom. The van der Waals surface area contributed by atoms with Crippen LogP contribution in [0.4, 0.5) is 15.8 Å². The summed E-state index contributed by atoms with van der Waals surface area (Å²) in [5.41, 5.74) is 0.815. The number of piperazine rings is 1. The second kappa shape index (κ2) is 8.59. The van der Waals surface area contributed by atoms with E-state index in [1.807, 2.05) is 0 Å². The Labute approximate surface area is 166 Å². The number of benzene rings is 2. The first-order valence-electron chi connectivity index (χ1n) is 8.81. The molecule has 0 aliphatic carbocycles. The molecule has 0 atom stereocenters. The predicted molar refractivity (Wildman–Crippen MR) is 104 cm³/mol. The first kappa shape index (κ1) is 20.1. The Hall–Kier alpha value is -3.62. The number of carbonyl (C=O) groups excluding carboxylic acids is 3. The summed E-state index contributed by atoms with van der Waals surface area (Å²) < 4.78 is 23.4. The number of halogens is 1. The molecule has 3 amide bonds. The molecule has 1 heterocycles. The lowest BCUT2D eigenvalue weighted by Gasteiger charge is -2.33. The summed E-state index contributed by atoms with van der Waals surface area (Å²) >= 11 is 0. The zero-order valence-electron chi connectivity index (χ0n) is 16.0. The second-order valence-electron chi connectivity index (χ2n) is 6.27. The number of carbonyl (C=O) groups is 3. The number of hydrogen-bond donors (Lipinski definition) is 1. The number of hydrogen-bond acceptors (Lipinski definition) is 5. The van der Waals surface area contributed by atoms with Crippen molar-refractivity contribution < 1.29 is 28.2 Å². The van der Waals surface area contributed by atoms with E-state index in [1.54, 1.807) is 18.2 Å². The quantitative estimate of drug-likeness (QED) is 0.744. The third-order valence-corrected chi connectivity index (χ3v) is 4.46. The highest BCUT2D eigenvalue weighted by Crippen LogP contribution is 2.29. The van der Waals surface area contributed by atoms with Gasteiger partial charge in [0.15, 0.2) is 0 Å². The van der Waals surface area contributed by atoms with Crippen molar-refractivity contribution in [2.24, 2.45) is 0 Å². The average molecular weight is 401 g/mol. The fourth-order valence-electron chi connectivity index (χ4n) is 2.97. The molecule has 1 aliphatic rings. The highest BCUT2D eigenvalue weighted by atomic mass is 19.1. The Morgan fingerprint density at radius 2 is 1.76 bits per heavy atom. The predicted octanol–water partition coefficient (Wildman–Crippen LogP) is 1.66. The van der Waals surface area contributed by atoms with Gasteiger partial charge in [0.25, 0.3) is 0 Å². The first-order valence-corrected chi connectivity index (χ1v) is 8.81. The molecule has 9 heteroatoms. The molecule has 0 aromatic heterocycles. The smallest absolute Gasteiger partial charge is 0.316 e. The van der Waals surface area contributed by atoms with Crippen LogP contribution in [0.25, 0.3) is 0 Å². The highest BCUT2D eigenvalue weighted by molar-refractivity contribution is 6.41. The van der Waals surface area contributed by atoms with E-state index in [0.29, 0.717) is 22.9 Å². The molecule has 0 unspecified atom stereocenters. The maximum Gasteiger partial charge on any atom is 0.316 e. The highest BCUT2D eigenvalue weighted by Gasteiger charge is 2.34. The van der Waals surface area contributed by atoms with Gasteiger partial charge in [-0.25, -0.2) is 4.39 Å². The Balaban J connectivity index is 1.66.